The van der Waals surface area contributed by atoms with Crippen LogP contribution in [0.4, 0.5) is 0 Å². The van der Waals surface area contributed by atoms with Crippen molar-refractivity contribution in [3.63, 3.8) is 0 Å². The molecule has 0 aliphatic carbocycles. The Morgan fingerprint density at radius 1 is 1.17 bits per heavy atom. The molecule has 0 aliphatic heterocycles. The van der Waals surface area contributed by atoms with Crippen LogP contribution in [-0.4, -0.2) is 36.4 Å². The number of carbonyl (C=O) groups excluding carboxylic acids is 1. The molecule has 0 fully saturated rings. The number of sulfonamides is 1. The summed E-state index contributed by atoms with van der Waals surface area (Å²) < 4.78 is 25.4. The summed E-state index contributed by atoms with van der Waals surface area (Å²) in [6, 6.07) is 14.2. The molecule has 24 heavy (non-hydrogen) atoms. The zero-order valence-corrected chi connectivity index (χ0v) is 14.5. The first-order valence-corrected chi connectivity index (χ1v) is 9.41. The number of aromatic nitrogens is 1. The molecule has 1 heterocycles. The Kier molecular flexibility index (Phi) is 6.05. The molecule has 6 nitrogen and oxygen atoms in total. The van der Waals surface area contributed by atoms with Crippen molar-refractivity contribution in [3.8, 4) is 0 Å². The Labute approximate surface area is 142 Å². The second-order valence-corrected chi connectivity index (χ2v) is 7.43. The molecule has 7 heteroatoms. The predicted octanol–water partition coefficient (Wildman–Crippen LogP) is 1.72. The summed E-state index contributed by atoms with van der Waals surface area (Å²) in [5.41, 5.74) is 1.55. The zero-order valence-electron chi connectivity index (χ0n) is 13.7. The number of benzene rings is 1. The third-order valence-corrected chi connectivity index (χ3v) is 4.93. The average molecular weight is 347 g/mol. The number of nitrogens with zero attached hydrogens (tertiary/aromatic N) is 2. The first-order valence-electron chi connectivity index (χ1n) is 7.56. The standard InChI is InChI=1S/C17H21N3O3S/c1-14(15-8-4-3-5-9-15)20(24(2,22)23)13-17(21)19-12-16-10-6-7-11-18-16/h3-11,14H,12-13H2,1-2H3,(H,19,21). The fraction of sp³-hybridized carbons (Fsp3) is 0.294. The lowest BCUT2D eigenvalue weighted by Gasteiger charge is -2.26. The lowest BCUT2D eigenvalue weighted by molar-refractivity contribution is -0.121. The molecule has 0 saturated heterocycles. The van der Waals surface area contributed by atoms with Crippen LogP contribution in [0.1, 0.15) is 24.2 Å². The van der Waals surface area contributed by atoms with Gasteiger partial charge in [-0.1, -0.05) is 36.4 Å². The highest BCUT2D eigenvalue weighted by Gasteiger charge is 2.26. The summed E-state index contributed by atoms with van der Waals surface area (Å²) in [6.45, 7) is 1.79. The first kappa shape index (κ1) is 18.1. The van der Waals surface area contributed by atoms with Crippen LogP contribution in [0.25, 0.3) is 0 Å². The van der Waals surface area contributed by atoms with Gasteiger partial charge in [-0.15, -0.1) is 0 Å². The molecule has 0 bridgehead atoms. The number of hydrogen-bond donors (Lipinski definition) is 1. The SMILES string of the molecule is CC(c1ccccc1)N(CC(=O)NCc1ccccn1)S(C)(=O)=O. The Bertz CT molecular complexity index is 764. The topological polar surface area (TPSA) is 79.4 Å². The summed E-state index contributed by atoms with van der Waals surface area (Å²) in [5.74, 6) is -0.367. The van der Waals surface area contributed by atoms with E-state index in [9.17, 15) is 13.2 Å². The predicted molar refractivity (Wildman–Crippen MR) is 92.5 cm³/mol. The van der Waals surface area contributed by atoms with E-state index in [1.54, 1.807) is 25.3 Å². The van der Waals surface area contributed by atoms with E-state index < -0.39 is 16.1 Å². The van der Waals surface area contributed by atoms with Gasteiger partial charge < -0.3 is 5.32 Å². The molecular formula is C17H21N3O3S. The van der Waals surface area contributed by atoms with Gasteiger partial charge in [0.25, 0.3) is 0 Å². The van der Waals surface area contributed by atoms with Gasteiger partial charge in [-0.25, -0.2) is 8.42 Å². The number of pyridine rings is 1. The molecule has 1 atom stereocenters. The highest BCUT2D eigenvalue weighted by Crippen LogP contribution is 2.22. The fourth-order valence-corrected chi connectivity index (χ4v) is 3.38. The van der Waals surface area contributed by atoms with Gasteiger partial charge in [0.05, 0.1) is 25.0 Å². The lowest BCUT2D eigenvalue weighted by Crippen LogP contribution is -2.41. The molecule has 0 saturated carbocycles. The van der Waals surface area contributed by atoms with Crippen molar-refractivity contribution in [1.82, 2.24) is 14.6 Å². The molecule has 1 aromatic carbocycles. The molecular weight excluding hydrogens is 326 g/mol. The van der Waals surface area contributed by atoms with Gasteiger partial charge in [0, 0.05) is 12.2 Å². The summed E-state index contributed by atoms with van der Waals surface area (Å²) in [6.07, 6.45) is 2.75. The van der Waals surface area contributed by atoms with Crippen molar-refractivity contribution in [3.05, 3.63) is 66.0 Å². The van der Waals surface area contributed by atoms with Crippen molar-refractivity contribution in [2.24, 2.45) is 0 Å². The number of nitrogens with one attached hydrogen (secondary N) is 1. The van der Waals surface area contributed by atoms with Gasteiger partial charge >= 0.3 is 0 Å². The van der Waals surface area contributed by atoms with Gasteiger partial charge in [-0.2, -0.15) is 4.31 Å². The van der Waals surface area contributed by atoms with Gasteiger partial charge in [0.15, 0.2) is 0 Å². The highest BCUT2D eigenvalue weighted by atomic mass is 32.2. The molecule has 1 unspecified atom stereocenters. The van der Waals surface area contributed by atoms with E-state index in [1.807, 2.05) is 36.4 Å². The van der Waals surface area contributed by atoms with Gasteiger partial charge in [0.1, 0.15) is 0 Å². The van der Waals surface area contributed by atoms with Crippen LogP contribution < -0.4 is 5.32 Å². The third kappa shape index (κ3) is 5.14. The van der Waals surface area contributed by atoms with Crippen molar-refractivity contribution in [1.29, 1.82) is 0 Å². The Balaban J connectivity index is 2.05. The zero-order chi connectivity index (χ0) is 17.6. The quantitative estimate of drug-likeness (QED) is 0.827. The maximum Gasteiger partial charge on any atom is 0.235 e. The fourth-order valence-electron chi connectivity index (χ4n) is 2.33. The molecule has 1 aromatic heterocycles. The Morgan fingerprint density at radius 2 is 1.83 bits per heavy atom. The van der Waals surface area contributed by atoms with Crippen LogP contribution in [0.5, 0.6) is 0 Å². The van der Waals surface area contributed by atoms with E-state index in [1.165, 1.54) is 4.31 Å². The molecule has 2 aromatic rings. The van der Waals surface area contributed by atoms with Crippen LogP contribution >= 0.6 is 0 Å². The van der Waals surface area contributed by atoms with E-state index >= 15 is 0 Å². The molecule has 0 spiro atoms. The Morgan fingerprint density at radius 3 is 2.42 bits per heavy atom. The average Bonchev–Trinajstić information content (AvgIpc) is 2.58. The highest BCUT2D eigenvalue weighted by molar-refractivity contribution is 7.88. The molecule has 1 N–H and O–H groups in total. The van der Waals surface area contributed by atoms with Gasteiger partial charge in [0.2, 0.25) is 15.9 Å². The van der Waals surface area contributed by atoms with Crippen molar-refractivity contribution < 1.29 is 13.2 Å². The Hall–Kier alpha value is -2.25. The smallest absolute Gasteiger partial charge is 0.235 e. The van der Waals surface area contributed by atoms with Crippen LogP contribution in [0.2, 0.25) is 0 Å². The first-order chi connectivity index (χ1) is 11.4. The van der Waals surface area contributed by atoms with Gasteiger partial charge in [-0.05, 0) is 24.6 Å². The minimum absolute atomic E-state index is 0.234. The molecule has 1 amide bonds. The number of hydrogen-bond acceptors (Lipinski definition) is 4. The number of rotatable bonds is 7. The molecule has 128 valence electrons. The van der Waals surface area contributed by atoms with E-state index in [0.29, 0.717) is 5.69 Å². The summed E-state index contributed by atoms with van der Waals surface area (Å²) in [4.78, 5) is 16.3. The van der Waals surface area contributed by atoms with Crippen molar-refractivity contribution >= 4 is 15.9 Å². The van der Waals surface area contributed by atoms with Crippen molar-refractivity contribution in [2.45, 2.75) is 19.5 Å². The van der Waals surface area contributed by atoms with Crippen LogP contribution in [0, 0.1) is 0 Å². The lowest BCUT2D eigenvalue weighted by atomic mass is 10.1. The van der Waals surface area contributed by atoms with Gasteiger partial charge in [-0.3, -0.25) is 9.78 Å². The number of carbonyl (C=O) groups is 1. The van der Waals surface area contributed by atoms with E-state index in [2.05, 4.69) is 10.3 Å². The summed E-state index contributed by atoms with van der Waals surface area (Å²) in [5, 5.41) is 2.70. The molecule has 0 radical (unpaired) electrons. The summed E-state index contributed by atoms with van der Waals surface area (Å²) >= 11 is 0. The number of amides is 1. The van der Waals surface area contributed by atoms with Crippen LogP contribution in [0.3, 0.4) is 0 Å². The molecule has 0 aliphatic rings. The maximum atomic E-state index is 12.2. The minimum Gasteiger partial charge on any atom is -0.349 e. The van der Waals surface area contributed by atoms with E-state index in [0.717, 1.165) is 11.8 Å². The summed E-state index contributed by atoms with van der Waals surface area (Å²) in [7, 11) is -3.53. The van der Waals surface area contributed by atoms with Crippen LogP contribution in [-0.2, 0) is 21.4 Å². The third-order valence-electron chi connectivity index (χ3n) is 3.63. The van der Waals surface area contributed by atoms with E-state index in [4.69, 9.17) is 0 Å². The maximum absolute atomic E-state index is 12.2. The van der Waals surface area contributed by atoms with Crippen LogP contribution in [0.15, 0.2) is 54.7 Å². The monoisotopic (exact) mass is 347 g/mol. The second kappa shape index (κ2) is 8.03. The van der Waals surface area contributed by atoms with Crippen molar-refractivity contribution in [2.75, 3.05) is 12.8 Å². The molecule has 2 rings (SSSR count). The van der Waals surface area contributed by atoms with E-state index in [-0.39, 0.29) is 19.0 Å². The minimum atomic E-state index is -3.53. The largest absolute Gasteiger partial charge is 0.349 e. The second-order valence-electron chi connectivity index (χ2n) is 5.49. The normalized spacial score (nSPS) is 12.8.